The van der Waals surface area contributed by atoms with Crippen molar-refractivity contribution in [3.63, 3.8) is 0 Å². The van der Waals surface area contributed by atoms with Crippen molar-refractivity contribution >= 4 is 34.3 Å². The van der Waals surface area contributed by atoms with Crippen LogP contribution in [0.25, 0.3) is 10.9 Å². The molecule has 0 radical (unpaired) electrons. The van der Waals surface area contributed by atoms with Gasteiger partial charge in [-0.05, 0) is 36.2 Å². The van der Waals surface area contributed by atoms with Crippen molar-refractivity contribution in [3.8, 4) is 0 Å². The molecule has 2 aromatic carbocycles. The van der Waals surface area contributed by atoms with Crippen molar-refractivity contribution < 1.29 is 24.9 Å². The van der Waals surface area contributed by atoms with E-state index in [1.54, 1.807) is 24.3 Å². The van der Waals surface area contributed by atoms with Crippen LogP contribution < -0.4 is 5.32 Å². The Morgan fingerprint density at radius 3 is 2.47 bits per heavy atom. The Bertz CT molecular complexity index is 1110. The van der Waals surface area contributed by atoms with E-state index in [-0.39, 0.29) is 25.2 Å². The van der Waals surface area contributed by atoms with E-state index in [4.69, 9.17) is 11.6 Å². The SMILES string of the molecule is O=C(NC(Cc1ccccc1)[C@@H](O)C(=O)N1C[C@@H](O)[C@@H](O)C1)c1cc2cc(Cl)ccc2[nH]1. The summed E-state index contributed by atoms with van der Waals surface area (Å²) in [6, 6.07) is 15.1. The molecule has 5 N–H and O–H groups in total. The maximum Gasteiger partial charge on any atom is 0.268 e. The second-order valence-electron chi connectivity index (χ2n) is 8.01. The summed E-state index contributed by atoms with van der Waals surface area (Å²) >= 11 is 6.02. The van der Waals surface area contributed by atoms with Gasteiger partial charge in [0, 0.05) is 29.0 Å². The van der Waals surface area contributed by atoms with Crippen LogP contribution in [0.4, 0.5) is 0 Å². The largest absolute Gasteiger partial charge is 0.388 e. The van der Waals surface area contributed by atoms with Crippen LogP contribution in [-0.2, 0) is 11.2 Å². The molecule has 1 aliphatic heterocycles. The van der Waals surface area contributed by atoms with Gasteiger partial charge in [0.2, 0.25) is 0 Å². The van der Waals surface area contributed by atoms with E-state index in [1.807, 2.05) is 30.3 Å². The summed E-state index contributed by atoms with van der Waals surface area (Å²) in [6.07, 6.45) is -3.47. The second-order valence-corrected chi connectivity index (χ2v) is 8.44. The number of β-amino-alcohol motifs (C(OH)–C–C–N with tert-alkyl or cyclic N) is 2. The lowest BCUT2D eigenvalue weighted by Crippen LogP contribution is -2.52. The van der Waals surface area contributed by atoms with Gasteiger partial charge < -0.3 is 30.5 Å². The standard InChI is InChI=1S/C23H24ClN3O5/c24-15-6-7-16-14(9-15)10-18(25-16)22(31)26-17(8-13-4-2-1-3-5-13)21(30)23(32)27-11-19(28)20(29)12-27/h1-7,9-10,17,19-21,25,28-30H,8,11-12H2,(H,26,31)/t17?,19-,20+,21-/m1/s1. The van der Waals surface area contributed by atoms with E-state index >= 15 is 0 Å². The minimum absolute atomic E-state index is 0.0775. The van der Waals surface area contributed by atoms with Gasteiger partial charge in [0.15, 0.2) is 6.10 Å². The molecule has 32 heavy (non-hydrogen) atoms. The Labute approximate surface area is 189 Å². The van der Waals surface area contributed by atoms with Crippen LogP contribution in [0.1, 0.15) is 16.1 Å². The van der Waals surface area contributed by atoms with E-state index in [9.17, 15) is 24.9 Å². The minimum atomic E-state index is -1.56. The topological polar surface area (TPSA) is 126 Å². The molecular weight excluding hydrogens is 434 g/mol. The molecular formula is C23H24ClN3O5. The zero-order valence-corrected chi connectivity index (χ0v) is 17.9. The number of aromatic amines is 1. The molecule has 2 heterocycles. The zero-order chi connectivity index (χ0) is 22.8. The number of aliphatic hydroxyl groups is 3. The van der Waals surface area contributed by atoms with Crippen molar-refractivity contribution in [2.75, 3.05) is 13.1 Å². The van der Waals surface area contributed by atoms with E-state index in [0.717, 1.165) is 16.5 Å². The highest BCUT2D eigenvalue weighted by Crippen LogP contribution is 2.21. The van der Waals surface area contributed by atoms with Crippen molar-refractivity contribution in [3.05, 3.63) is 70.9 Å². The van der Waals surface area contributed by atoms with E-state index < -0.39 is 36.2 Å². The number of halogens is 1. The molecule has 0 aliphatic carbocycles. The molecule has 1 aromatic heterocycles. The van der Waals surface area contributed by atoms with Crippen molar-refractivity contribution in [1.82, 2.24) is 15.2 Å². The van der Waals surface area contributed by atoms with Crippen molar-refractivity contribution in [2.24, 2.45) is 0 Å². The van der Waals surface area contributed by atoms with Gasteiger partial charge in [-0.1, -0.05) is 41.9 Å². The average Bonchev–Trinajstić information content (AvgIpc) is 3.35. The van der Waals surface area contributed by atoms with Crippen LogP contribution in [0.2, 0.25) is 5.02 Å². The summed E-state index contributed by atoms with van der Waals surface area (Å²) in [5, 5.41) is 34.4. The van der Waals surface area contributed by atoms with Crippen LogP contribution in [-0.4, -0.2) is 74.5 Å². The van der Waals surface area contributed by atoms with Crippen LogP contribution in [0.5, 0.6) is 0 Å². The summed E-state index contributed by atoms with van der Waals surface area (Å²) in [5.41, 5.74) is 1.83. The summed E-state index contributed by atoms with van der Waals surface area (Å²) in [5.74, 6) is -1.14. The molecule has 1 saturated heterocycles. The number of likely N-dealkylation sites (tertiary alicyclic amines) is 1. The van der Waals surface area contributed by atoms with Crippen molar-refractivity contribution in [2.45, 2.75) is 30.8 Å². The first-order valence-electron chi connectivity index (χ1n) is 10.3. The number of aromatic nitrogens is 1. The number of hydrogen-bond donors (Lipinski definition) is 5. The smallest absolute Gasteiger partial charge is 0.268 e. The number of nitrogens with zero attached hydrogens (tertiary/aromatic N) is 1. The summed E-state index contributed by atoms with van der Waals surface area (Å²) in [4.78, 5) is 30.0. The number of nitrogens with one attached hydrogen (secondary N) is 2. The molecule has 4 atom stereocenters. The number of hydrogen-bond acceptors (Lipinski definition) is 5. The average molecular weight is 458 g/mol. The Kier molecular flexibility index (Phi) is 6.48. The fourth-order valence-corrected chi connectivity index (χ4v) is 4.07. The molecule has 168 valence electrons. The zero-order valence-electron chi connectivity index (χ0n) is 17.1. The molecule has 1 fully saturated rings. The summed E-state index contributed by atoms with van der Waals surface area (Å²) in [7, 11) is 0. The first-order chi connectivity index (χ1) is 15.3. The Morgan fingerprint density at radius 2 is 1.78 bits per heavy atom. The molecule has 1 aliphatic rings. The third-order valence-electron chi connectivity index (χ3n) is 5.65. The Morgan fingerprint density at radius 1 is 1.09 bits per heavy atom. The van der Waals surface area contributed by atoms with Crippen molar-refractivity contribution in [1.29, 1.82) is 0 Å². The normalized spacial score (nSPS) is 20.3. The Hall–Kier alpha value is -2.91. The molecule has 4 rings (SSSR count). The van der Waals surface area contributed by atoms with E-state index in [2.05, 4.69) is 10.3 Å². The van der Waals surface area contributed by atoms with Crippen LogP contribution in [0, 0.1) is 0 Å². The van der Waals surface area contributed by atoms with Gasteiger partial charge >= 0.3 is 0 Å². The van der Waals surface area contributed by atoms with Gasteiger partial charge in [-0.15, -0.1) is 0 Å². The fraction of sp³-hybridized carbons (Fsp3) is 0.304. The number of fused-ring (bicyclic) bond motifs is 1. The monoisotopic (exact) mass is 457 g/mol. The van der Waals surface area contributed by atoms with Crippen LogP contribution >= 0.6 is 11.6 Å². The molecule has 0 spiro atoms. The molecule has 8 nitrogen and oxygen atoms in total. The fourth-order valence-electron chi connectivity index (χ4n) is 3.89. The third-order valence-corrected chi connectivity index (χ3v) is 5.88. The van der Waals surface area contributed by atoms with Gasteiger partial charge in [0.05, 0.1) is 18.2 Å². The van der Waals surface area contributed by atoms with Gasteiger partial charge in [-0.25, -0.2) is 0 Å². The minimum Gasteiger partial charge on any atom is -0.388 e. The van der Waals surface area contributed by atoms with E-state index in [1.165, 1.54) is 4.90 Å². The number of H-pyrrole nitrogens is 1. The first kappa shape index (κ1) is 22.3. The number of carbonyl (C=O) groups is 2. The number of benzene rings is 2. The summed E-state index contributed by atoms with van der Waals surface area (Å²) < 4.78 is 0. The number of aliphatic hydroxyl groups excluding tert-OH is 3. The molecule has 1 unspecified atom stereocenters. The first-order valence-corrected chi connectivity index (χ1v) is 10.7. The van der Waals surface area contributed by atoms with Gasteiger partial charge in [0.1, 0.15) is 5.69 Å². The lowest BCUT2D eigenvalue weighted by molar-refractivity contribution is -0.141. The number of rotatable bonds is 6. The summed E-state index contributed by atoms with van der Waals surface area (Å²) in [6.45, 7) is -0.155. The van der Waals surface area contributed by atoms with Gasteiger partial charge in [-0.3, -0.25) is 9.59 Å². The Balaban J connectivity index is 1.55. The molecule has 0 bridgehead atoms. The maximum atomic E-state index is 13.0. The lowest BCUT2D eigenvalue weighted by Gasteiger charge is -2.27. The molecule has 0 saturated carbocycles. The van der Waals surface area contributed by atoms with Gasteiger partial charge in [-0.2, -0.15) is 0 Å². The highest BCUT2D eigenvalue weighted by atomic mass is 35.5. The maximum absolute atomic E-state index is 13.0. The molecule has 3 aromatic rings. The third kappa shape index (κ3) is 4.78. The quantitative estimate of drug-likeness (QED) is 0.379. The lowest BCUT2D eigenvalue weighted by atomic mass is 10.00. The number of carbonyl (C=O) groups excluding carboxylic acids is 2. The predicted molar refractivity (Wildman–Crippen MR) is 119 cm³/mol. The van der Waals surface area contributed by atoms with Crippen LogP contribution in [0.15, 0.2) is 54.6 Å². The number of amides is 2. The molecule has 2 amide bonds. The van der Waals surface area contributed by atoms with Crippen LogP contribution in [0.3, 0.4) is 0 Å². The highest BCUT2D eigenvalue weighted by molar-refractivity contribution is 6.31. The van der Waals surface area contributed by atoms with E-state index in [0.29, 0.717) is 5.02 Å². The highest BCUT2D eigenvalue weighted by Gasteiger charge is 2.38. The second kappa shape index (κ2) is 9.30. The molecule has 9 heteroatoms. The van der Waals surface area contributed by atoms with Gasteiger partial charge in [0.25, 0.3) is 11.8 Å². The predicted octanol–water partition coefficient (Wildman–Crippen LogP) is 1.09.